The van der Waals surface area contributed by atoms with Gasteiger partial charge in [0.15, 0.2) is 6.10 Å². The lowest BCUT2D eigenvalue weighted by atomic mass is 10.1. The van der Waals surface area contributed by atoms with Crippen molar-refractivity contribution in [2.24, 2.45) is 5.14 Å². The van der Waals surface area contributed by atoms with E-state index in [0.29, 0.717) is 10.8 Å². The van der Waals surface area contributed by atoms with Crippen molar-refractivity contribution in [2.75, 3.05) is 0 Å². The van der Waals surface area contributed by atoms with Crippen molar-refractivity contribution in [3.05, 3.63) is 58.6 Å². The molecule has 0 spiro atoms. The molecule has 0 saturated heterocycles. The van der Waals surface area contributed by atoms with E-state index in [2.05, 4.69) is 5.32 Å². The maximum Gasteiger partial charge on any atom is 0.261 e. The fraction of sp³-hybridized carbons (Fsp3) is 0.278. The molecule has 0 aliphatic carbocycles. The Morgan fingerprint density at radius 3 is 2.31 bits per heavy atom. The summed E-state index contributed by atoms with van der Waals surface area (Å²) >= 11 is 5.98. The van der Waals surface area contributed by atoms with Crippen LogP contribution in [0.25, 0.3) is 0 Å². The molecule has 2 atom stereocenters. The molecule has 0 saturated carbocycles. The fourth-order valence-electron chi connectivity index (χ4n) is 2.31. The molecule has 140 valence electrons. The van der Waals surface area contributed by atoms with Crippen LogP contribution in [0.3, 0.4) is 0 Å². The second-order valence-electron chi connectivity index (χ2n) is 6.02. The fourth-order valence-corrected chi connectivity index (χ4v) is 2.94. The number of aryl methyl sites for hydroxylation is 1. The number of hydrogen-bond donors (Lipinski definition) is 2. The summed E-state index contributed by atoms with van der Waals surface area (Å²) in [5.74, 6) is 0.264. The number of benzene rings is 2. The minimum Gasteiger partial charge on any atom is -0.481 e. The number of nitrogens with one attached hydrogen (secondary N) is 1. The van der Waals surface area contributed by atoms with Crippen molar-refractivity contribution in [1.29, 1.82) is 0 Å². The summed E-state index contributed by atoms with van der Waals surface area (Å²) in [5.41, 5.74) is 1.61. The highest BCUT2D eigenvalue weighted by atomic mass is 35.5. The van der Waals surface area contributed by atoms with Gasteiger partial charge in [-0.25, -0.2) is 13.6 Å². The number of hydrogen-bond acceptors (Lipinski definition) is 4. The largest absolute Gasteiger partial charge is 0.481 e. The van der Waals surface area contributed by atoms with Gasteiger partial charge < -0.3 is 10.1 Å². The Morgan fingerprint density at radius 2 is 1.77 bits per heavy atom. The number of carbonyl (C=O) groups is 1. The Labute approximate surface area is 158 Å². The van der Waals surface area contributed by atoms with Crippen LogP contribution in [0.15, 0.2) is 47.4 Å². The first-order valence-electron chi connectivity index (χ1n) is 7.94. The molecule has 2 aromatic carbocycles. The average molecular weight is 397 g/mol. The smallest absolute Gasteiger partial charge is 0.261 e. The maximum atomic E-state index is 12.3. The van der Waals surface area contributed by atoms with Gasteiger partial charge in [0.05, 0.1) is 10.9 Å². The topological polar surface area (TPSA) is 98.5 Å². The predicted molar refractivity (Wildman–Crippen MR) is 101 cm³/mol. The summed E-state index contributed by atoms with van der Waals surface area (Å²) in [6.07, 6.45) is -0.707. The van der Waals surface area contributed by atoms with Crippen molar-refractivity contribution < 1.29 is 17.9 Å². The molecular weight excluding hydrogens is 376 g/mol. The van der Waals surface area contributed by atoms with Crippen LogP contribution in [-0.2, 0) is 14.8 Å². The Bertz CT molecular complexity index is 898. The van der Waals surface area contributed by atoms with Gasteiger partial charge in [0, 0.05) is 5.02 Å². The van der Waals surface area contributed by atoms with E-state index in [1.165, 1.54) is 12.1 Å². The first kappa shape index (κ1) is 20.2. The zero-order chi connectivity index (χ0) is 19.5. The van der Waals surface area contributed by atoms with Gasteiger partial charge in [-0.15, -0.1) is 0 Å². The van der Waals surface area contributed by atoms with Gasteiger partial charge >= 0.3 is 0 Å². The minimum absolute atomic E-state index is 0.0228. The molecule has 6 nitrogen and oxygen atoms in total. The van der Waals surface area contributed by atoms with Gasteiger partial charge in [0.2, 0.25) is 10.0 Å². The van der Waals surface area contributed by atoms with Gasteiger partial charge in [0.25, 0.3) is 5.91 Å². The molecule has 0 bridgehead atoms. The lowest BCUT2D eigenvalue weighted by Gasteiger charge is -2.19. The molecule has 3 N–H and O–H groups in total. The first-order valence-corrected chi connectivity index (χ1v) is 9.86. The second kappa shape index (κ2) is 8.07. The molecule has 0 heterocycles. The van der Waals surface area contributed by atoms with Crippen LogP contribution in [0.5, 0.6) is 5.75 Å². The van der Waals surface area contributed by atoms with E-state index >= 15 is 0 Å². The summed E-state index contributed by atoms with van der Waals surface area (Å²) in [7, 11) is -3.74. The number of nitrogens with two attached hydrogens (primary N) is 1. The van der Waals surface area contributed by atoms with Crippen LogP contribution in [0.2, 0.25) is 5.02 Å². The zero-order valence-electron chi connectivity index (χ0n) is 14.7. The monoisotopic (exact) mass is 396 g/mol. The van der Waals surface area contributed by atoms with Crippen LogP contribution in [0.1, 0.15) is 31.0 Å². The maximum absolute atomic E-state index is 12.3. The molecule has 0 radical (unpaired) electrons. The van der Waals surface area contributed by atoms with Crippen molar-refractivity contribution >= 4 is 27.5 Å². The molecular formula is C18H21ClN2O4S. The van der Waals surface area contributed by atoms with Crippen LogP contribution < -0.4 is 15.2 Å². The summed E-state index contributed by atoms with van der Waals surface area (Å²) in [5, 5.41) is 8.53. The minimum atomic E-state index is -3.74. The van der Waals surface area contributed by atoms with Crippen molar-refractivity contribution in [1.82, 2.24) is 5.32 Å². The highest BCUT2D eigenvalue weighted by molar-refractivity contribution is 7.89. The van der Waals surface area contributed by atoms with E-state index in [4.69, 9.17) is 21.5 Å². The number of carbonyl (C=O) groups excluding carboxylic acids is 1. The third-order valence-electron chi connectivity index (χ3n) is 3.88. The number of ether oxygens (including phenoxy) is 1. The summed E-state index contributed by atoms with van der Waals surface area (Å²) < 4.78 is 28.2. The van der Waals surface area contributed by atoms with E-state index < -0.39 is 16.1 Å². The third kappa shape index (κ3) is 5.20. The van der Waals surface area contributed by atoms with Gasteiger partial charge in [-0.3, -0.25) is 4.79 Å². The van der Waals surface area contributed by atoms with Crippen LogP contribution >= 0.6 is 11.6 Å². The van der Waals surface area contributed by atoms with Crippen molar-refractivity contribution in [3.63, 3.8) is 0 Å². The zero-order valence-corrected chi connectivity index (χ0v) is 16.3. The molecule has 0 aromatic heterocycles. The van der Waals surface area contributed by atoms with Gasteiger partial charge in [-0.05, 0) is 62.2 Å². The van der Waals surface area contributed by atoms with Crippen LogP contribution in [-0.4, -0.2) is 20.4 Å². The second-order valence-corrected chi connectivity index (χ2v) is 7.98. The van der Waals surface area contributed by atoms with Gasteiger partial charge in [-0.2, -0.15) is 0 Å². The molecule has 2 rings (SSSR count). The highest BCUT2D eigenvalue weighted by Gasteiger charge is 2.18. The predicted octanol–water partition coefficient (Wildman–Crippen LogP) is 2.94. The van der Waals surface area contributed by atoms with E-state index in [1.54, 1.807) is 44.2 Å². The third-order valence-corrected chi connectivity index (χ3v) is 5.23. The van der Waals surface area contributed by atoms with E-state index in [9.17, 15) is 13.2 Å². The van der Waals surface area contributed by atoms with Crippen molar-refractivity contribution in [3.8, 4) is 5.75 Å². The lowest BCUT2D eigenvalue weighted by molar-refractivity contribution is -0.127. The molecule has 8 heteroatoms. The van der Waals surface area contributed by atoms with E-state index in [1.807, 2.05) is 6.92 Å². The number of halogens is 1. The molecule has 1 amide bonds. The Hall–Kier alpha value is -2.09. The number of sulfonamides is 1. The first-order chi connectivity index (χ1) is 12.1. The molecule has 2 aromatic rings. The number of rotatable bonds is 6. The number of amides is 1. The van der Waals surface area contributed by atoms with E-state index in [0.717, 1.165) is 11.1 Å². The SMILES string of the molecule is Cc1cc(OC(C)C(=O)NC(C)c2ccc(S(N)(=O)=O)cc2)ccc1Cl. The number of primary sulfonamides is 1. The average Bonchev–Trinajstić information content (AvgIpc) is 2.57. The van der Waals surface area contributed by atoms with Crippen molar-refractivity contribution in [2.45, 2.75) is 37.8 Å². The lowest BCUT2D eigenvalue weighted by Crippen LogP contribution is -2.37. The van der Waals surface area contributed by atoms with Crippen LogP contribution in [0, 0.1) is 6.92 Å². The molecule has 0 aliphatic heterocycles. The Kier molecular flexibility index (Phi) is 6.28. The molecule has 26 heavy (non-hydrogen) atoms. The quantitative estimate of drug-likeness (QED) is 0.784. The molecule has 2 unspecified atom stereocenters. The summed E-state index contributed by atoms with van der Waals surface area (Å²) in [6, 6.07) is 10.9. The Balaban J connectivity index is 2.00. The highest BCUT2D eigenvalue weighted by Crippen LogP contribution is 2.22. The standard InChI is InChI=1S/C18H21ClN2O4S/c1-11-10-15(6-9-17(11)19)25-13(3)18(22)21-12(2)14-4-7-16(8-5-14)26(20,23)24/h4-10,12-13H,1-3H3,(H,21,22)(H2,20,23,24). The molecule has 0 aliphatic rings. The van der Waals surface area contributed by atoms with E-state index in [-0.39, 0.29) is 16.8 Å². The van der Waals surface area contributed by atoms with Gasteiger partial charge in [0.1, 0.15) is 5.75 Å². The van der Waals surface area contributed by atoms with Gasteiger partial charge in [-0.1, -0.05) is 23.7 Å². The Morgan fingerprint density at radius 1 is 1.15 bits per heavy atom. The summed E-state index contributed by atoms with van der Waals surface area (Å²) in [6.45, 7) is 5.30. The normalized spacial score (nSPS) is 13.7. The summed E-state index contributed by atoms with van der Waals surface area (Å²) in [4.78, 5) is 12.4. The van der Waals surface area contributed by atoms with Crippen LogP contribution in [0.4, 0.5) is 0 Å². The molecule has 0 fully saturated rings.